The van der Waals surface area contributed by atoms with Crippen molar-refractivity contribution in [3.8, 4) is 6.07 Å². The number of hydrogen-bond donors (Lipinski definition) is 1. The van der Waals surface area contributed by atoms with E-state index in [4.69, 9.17) is 5.26 Å². The summed E-state index contributed by atoms with van der Waals surface area (Å²) >= 11 is 0. The fourth-order valence-corrected chi connectivity index (χ4v) is 1.86. The fourth-order valence-electron chi connectivity index (χ4n) is 1.86. The Bertz CT molecular complexity index is 595. The highest BCUT2D eigenvalue weighted by molar-refractivity contribution is 5.39. The van der Waals surface area contributed by atoms with Gasteiger partial charge < -0.3 is 5.11 Å². The number of nitrogens with zero attached hydrogens (tertiary/aromatic N) is 2. The van der Waals surface area contributed by atoms with Crippen molar-refractivity contribution in [2.45, 2.75) is 19.4 Å². The van der Waals surface area contributed by atoms with Gasteiger partial charge >= 0.3 is 0 Å². The smallest absolute Gasteiger partial charge is 0.113 e. The molecule has 0 amide bonds. The van der Waals surface area contributed by atoms with Crippen LogP contribution in [0.4, 0.5) is 0 Å². The average Bonchev–Trinajstić information content (AvgIpc) is 2.39. The van der Waals surface area contributed by atoms with E-state index in [9.17, 15) is 5.11 Å². The van der Waals surface area contributed by atoms with Crippen molar-refractivity contribution in [2.75, 3.05) is 0 Å². The minimum atomic E-state index is -1.10. The van der Waals surface area contributed by atoms with Gasteiger partial charge in [0.15, 0.2) is 0 Å². The zero-order chi connectivity index (χ0) is 13.2. The van der Waals surface area contributed by atoms with Crippen LogP contribution in [0.3, 0.4) is 0 Å². The lowest BCUT2D eigenvalue weighted by molar-refractivity contribution is 0.102. The van der Waals surface area contributed by atoms with Gasteiger partial charge in [0, 0.05) is 18.0 Å². The molecule has 1 aromatic heterocycles. The maximum atomic E-state index is 10.6. The van der Waals surface area contributed by atoms with Crippen LogP contribution in [0.2, 0.25) is 0 Å². The van der Waals surface area contributed by atoms with Gasteiger partial charge in [-0.15, -0.1) is 0 Å². The average molecular weight is 238 g/mol. The minimum Gasteiger partial charge on any atom is -0.381 e. The Morgan fingerprint density at radius 1 is 1.17 bits per heavy atom. The van der Waals surface area contributed by atoms with Gasteiger partial charge in [0.25, 0.3) is 0 Å². The van der Waals surface area contributed by atoms with Gasteiger partial charge in [0.2, 0.25) is 0 Å². The fraction of sp³-hybridized carbons (Fsp3) is 0.200. The molecule has 1 heterocycles. The summed E-state index contributed by atoms with van der Waals surface area (Å²) < 4.78 is 0. The van der Waals surface area contributed by atoms with Gasteiger partial charge in [-0.25, -0.2) is 0 Å². The molecule has 3 heteroatoms. The van der Waals surface area contributed by atoms with E-state index in [0.29, 0.717) is 5.56 Å². The summed E-state index contributed by atoms with van der Waals surface area (Å²) in [6, 6.07) is 10.9. The second-order valence-electron chi connectivity index (χ2n) is 4.51. The van der Waals surface area contributed by atoms with Gasteiger partial charge in [0.1, 0.15) is 5.60 Å². The molecule has 0 radical (unpaired) electrons. The molecule has 18 heavy (non-hydrogen) atoms. The van der Waals surface area contributed by atoms with Crippen molar-refractivity contribution in [3.05, 3.63) is 65.0 Å². The lowest BCUT2D eigenvalue weighted by Gasteiger charge is -2.24. The van der Waals surface area contributed by atoms with Crippen molar-refractivity contribution in [3.63, 3.8) is 0 Å². The van der Waals surface area contributed by atoms with Crippen molar-refractivity contribution in [2.24, 2.45) is 0 Å². The standard InChI is InChI=1S/C15H14N2O/c1-11-7-14(10-17-9-11)15(2,18)13-5-3-12(8-16)4-6-13/h3-7,9-10,18H,1-2H3. The highest BCUT2D eigenvalue weighted by Crippen LogP contribution is 2.29. The monoisotopic (exact) mass is 238 g/mol. The number of benzene rings is 1. The molecular weight excluding hydrogens is 224 g/mol. The molecule has 0 fully saturated rings. The number of rotatable bonds is 2. The molecule has 1 N–H and O–H groups in total. The Kier molecular flexibility index (Phi) is 3.14. The number of nitriles is 1. The third-order valence-electron chi connectivity index (χ3n) is 3.01. The van der Waals surface area contributed by atoms with Crippen LogP contribution >= 0.6 is 0 Å². The van der Waals surface area contributed by atoms with E-state index in [-0.39, 0.29) is 0 Å². The third-order valence-corrected chi connectivity index (χ3v) is 3.01. The number of aromatic nitrogens is 1. The van der Waals surface area contributed by atoms with Crippen molar-refractivity contribution < 1.29 is 5.11 Å². The summed E-state index contributed by atoms with van der Waals surface area (Å²) in [5.41, 5.74) is 1.96. The Balaban J connectivity index is 2.44. The van der Waals surface area contributed by atoms with Gasteiger partial charge in [-0.05, 0) is 43.2 Å². The van der Waals surface area contributed by atoms with Crippen LogP contribution in [-0.4, -0.2) is 10.1 Å². The Hall–Kier alpha value is -2.18. The van der Waals surface area contributed by atoms with Gasteiger partial charge in [-0.1, -0.05) is 12.1 Å². The number of pyridine rings is 1. The topological polar surface area (TPSA) is 56.9 Å². The molecule has 0 bridgehead atoms. The third kappa shape index (κ3) is 2.24. The van der Waals surface area contributed by atoms with Crippen molar-refractivity contribution >= 4 is 0 Å². The maximum absolute atomic E-state index is 10.6. The van der Waals surface area contributed by atoms with Crippen LogP contribution in [0.5, 0.6) is 0 Å². The van der Waals surface area contributed by atoms with E-state index < -0.39 is 5.60 Å². The number of aryl methyl sites for hydroxylation is 1. The van der Waals surface area contributed by atoms with E-state index in [1.807, 2.05) is 13.0 Å². The predicted octanol–water partition coefficient (Wildman–Crippen LogP) is 2.52. The van der Waals surface area contributed by atoms with Crippen LogP contribution in [0.25, 0.3) is 0 Å². The normalized spacial score (nSPS) is 13.7. The zero-order valence-corrected chi connectivity index (χ0v) is 10.4. The maximum Gasteiger partial charge on any atom is 0.113 e. The molecule has 0 aliphatic carbocycles. The summed E-state index contributed by atoms with van der Waals surface area (Å²) in [6.07, 6.45) is 3.41. The molecule has 1 atom stereocenters. The quantitative estimate of drug-likeness (QED) is 0.874. The van der Waals surface area contributed by atoms with Crippen molar-refractivity contribution in [1.29, 1.82) is 5.26 Å². The van der Waals surface area contributed by atoms with E-state index in [0.717, 1.165) is 16.7 Å². The van der Waals surface area contributed by atoms with Gasteiger partial charge in [0.05, 0.1) is 11.6 Å². The zero-order valence-electron chi connectivity index (χ0n) is 10.4. The first-order valence-electron chi connectivity index (χ1n) is 5.69. The van der Waals surface area contributed by atoms with Crippen LogP contribution < -0.4 is 0 Å². The number of hydrogen-bond acceptors (Lipinski definition) is 3. The first-order chi connectivity index (χ1) is 8.54. The van der Waals surface area contributed by atoms with E-state index in [1.165, 1.54) is 0 Å². The SMILES string of the molecule is Cc1cncc(C(C)(O)c2ccc(C#N)cc2)c1. The molecule has 0 aliphatic rings. The van der Waals surface area contributed by atoms with Crippen LogP contribution in [0.1, 0.15) is 29.2 Å². The summed E-state index contributed by atoms with van der Waals surface area (Å²) in [6.45, 7) is 3.66. The largest absolute Gasteiger partial charge is 0.381 e. The van der Waals surface area contributed by atoms with Crippen molar-refractivity contribution in [1.82, 2.24) is 4.98 Å². The minimum absolute atomic E-state index is 0.580. The van der Waals surface area contributed by atoms with Gasteiger partial charge in [-0.2, -0.15) is 5.26 Å². The van der Waals surface area contributed by atoms with Crippen LogP contribution in [0, 0.1) is 18.3 Å². The van der Waals surface area contributed by atoms with Crippen LogP contribution in [0.15, 0.2) is 42.7 Å². The molecular formula is C15H14N2O. The molecule has 3 nitrogen and oxygen atoms in total. The second kappa shape index (κ2) is 4.59. The second-order valence-corrected chi connectivity index (χ2v) is 4.51. The van der Waals surface area contributed by atoms with Gasteiger partial charge in [-0.3, -0.25) is 4.98 Å². The molecule has 0 spiro atoms. The molecule has 1 aromatic carbocycles. The molecule has 2 aromatic rings. The molecule has 1 unspecified atom stereocenters. The van der Waals surface area contributed by atoms with E-state index in [1.54, 1.807) is 43.6 Å². The Morgan fingerprint density at radius 2 is 1.83 bits per heavy atom. The lowest BCUT2D eigenvalue weighted by atomic mass is 9.88. The Labute approximate surface area is 106 Å². The summed E-state index contributed by atoms with van der Waals surface area (Å²) in [4.78, 5) is 4.10. The molecule has 0 saturated carbocycles. The lowest BCUT2D eigenvalue weighted by Crippen LogP contribution is -2.23. The molecule has 0 aliphatic heterocycles. The molecule has 90 valence electrons. The summed E-state index contributed by atoms with van der Waals surface area (Å²) in [7, 11) is 0. The van der Waals surface area contributed by atoms with E-state index >= 15 is 0 Å². The van der Waals surface area contributed by atoms with Crippen LogP contribution in [-0.2, 0) is 5.60 Å². The Morgan fingerprint density at radius 3 is 2.39 bits per heavy atom. The summed E-state index contributed by atoms with van der Waals surface area (Å²) in [5.74, 6) is 0. The van der Waals surface area contributed by atoms with E-state index in [2.05, 4.69) is 11.1 Å². The first-order valence-corrected chi connectivity index (χ1v) is 5.69. The molecule has 0 saturated heterocycles. The highest BCUT2D eigenvalue weighted by atomic mass is 16.3. The summed E-state index contributed by atoms with van der Waals surface area (Å²) in [5, 5.41) is 19.4. The first kappa shape index (κ1) is 12.3. The number of aliphatic hydroxyl groups is 1. The highest BCUT2D eigenvalue weighted by Gasteiger charge is 2.25. The molecule has 2 rings (SSSR count). The predicted molar refractivity (Wildman–Crippen MR) is 68.8 cm³/mol.